The zero-order valence-electron chi connectivity index (χ0n) is 12.0. The molecule has 3 heteroatoms. The van der Waals surface area contributed by atoms with Crippen molar-refractivity contribution in [3.63, 3.8) is 0 Å². The molecule has 0 saturated carbocycles. The molecule has 0 saturated heterocycles. The Morgan fingerprint density at radius 3 is 2.56 bits per heavy atom. The van der Waals surface area contributed by atoms with E-state index in [1.807, 2.05) is 12.4 Å². The summed E-state index contributed by atoms with van der Waals surface area (Å²) in [5, 5.41) is 3.53. The van der Waals surface area contributed by atoms with Gasteiger partial charge in [0.1, 0.15) is 0 Å². The van der Waals surface area contributed by atoms with Crippen molar-refractivity contribution in [1.29, 1.82) is 0 Å². The normalized spacial score (nSPS) is 12.9. The fourth-order valence-electron chi connectivity index (χ4n) is 2.16. The molecule has 1 aromatic rings. The lowest BCUT2D eigenvalue weighted by atomic mass is 10.1. The van der Waals surface area contributed by atoms with E-state index in [0.717, 1.165) is 19.6 Å². The summed E-state index contributed by atoms with van der Waals surface area (Å²) in [6.45, 7) is 7.67. The second kappa shape index (κ2) is 9.06. The van der Waals surface area contributed by atoms with Crippen molar-refractivity contribution in [3.05, 3.63) is 30.1 Å². The van der Waals surface area contributed by atoms with Crippen LogP contribution in [0.25, 0.3) is 0 Å². The first-order chi connectivity index (χ1) is 8.77. The molecule has 1 rings (SSSR count). The number of rotatable bonds is 9. The summed E-state index contributed by atoms with van der Waals surface area (Å²) in [5.74, 6) is 0. The monoisotopic (exact) mass is 249 g/mol. The van der Waals surface area contributed by atoms with E-state index < -0.39 is 0 Å². The average Bonchev–Trinajstić information content (AvgIpc) is 2.39. The quantitative estimate of drug-likeness (QED) is 0.682. The second-order valence-electron chi connectivity index (χ2n) is 4.92. The largest absolute Gasteiger partial charge is 0.315 e. The minimum Gasteiger partial charge on any atom is -0.315 e. The van der Waals surface area contributed by atoms with Gasteiger partial charge in [-0.05, 0) is 44.1 Å². The van der Waals surface area contributed by atoms with E-state index in [1.165, 1.54) is 24.8 Å². The number of nitrogens with one attached hydrogen (secondary N) is 1. The lowest BCUT2D eigenvalue weighted by Crippen LogP contribution is -2.39. The lowest BCUT2D eigenvalue weighted by Gasteiger charge is -2.28. The fraction of sp³-hybridized carbons (Fsp3) is 0.667. The minimum atomic E-state index is 0.620. The molecule has 1 atom stereocenters. The molecular weight excluding hydrogens is 222 g/mol. The molecule has 0 spiro atoms. The fourth-order valence-corrected chi connectivity index (χ4v) is 2.16. The van der Waals surface area contributed by atoms with Crippen LogP contribution in [-0.2, 0) is 6.54 Å². The van der Waals surface area contributed by atoms with Crippen LogP contribution in [0.5, 0.6) is 0 Å². The van der Waals surface area contributed by atoms with Crippen molar-refractivity contribution >= 4 is 0 Å². The molecule has 0 aromatic carbocycles. The maximum Gasteiger partial charge on any atom is 0.0271 e. The van der Waals surface area contributed by atoms with Gasteiger partial charge in [0.15, 0.2) is 0 Å². The minimum absolute atomic E-state index is 0.620. The summed E-state index contributed by atoms with van der Waals surface area (Å²) in [6, 6.07) is 4.81. The van der Waals surface area contributed by atoms with Crippen molar-refractivity contribution in [3.8, 4) is 0 Å². The summed E-state index contributed by atoms with van der Waals surface area (Å²) in [6.07, 6.45) is 7.42. The maximum atomic E-state index is 4.06. The summed E-state index contributed by atoms with van der Waals surface area (Å²) < 4.78 is 0. The standard InChI is InChI=1S/C15H27N3/c1-4-6-15(12-17-9-5-2)18(3)13-14-7-10-16-11-8-14/h7-8,10-11,15,17H,4-6,9,12-13H2,1-3H3. The van der Waals surface area contributed by atoms with E-state index in [9.17, 15) is 0 Å². The number of likely N-dealkylation sites (N-methyl/N-ethyl adjacent to an activating group) is 1. The van der Waals surface area contributed by atoms with Crippen LogP contribution in [0, 0.1) is 0 Å². The van der Waals surface area contributed by atoms with Gasteiger partial charge in [0, 0.05) is 31.5 Å². The molecule has 1 N–H and O–H groups in total. The number of hydrogen-bond donors (Lipinski definition) is 1. The van der Waals surface area contributed by atoms with Crippen LogP contribution in [-0.4, -0.2) is 36.1 Å². The van der Waals surface area contributed by atoms with Gasteiger partial charge in [0.05, 0.1) is 0 Å². The Kier molecular flexibility index (Phi) is 7.62. The third kappa shape index (κ3) is 5.61. The van der Waals surface area contributed by atoms with Crippen molar-refractivity contribution in [2.45, 2.75) is 45.7 Å². The SMILES string of the molecule is CCCNCC(CCC)N(C)Cc1ccncc1. The molecule has 18 heavy (non-hydrogen) atoms. The van der Waals surface area contributed by atoms with Gasteiger partial charge in [-0.15, -0.1) is 0 Å². The predicted octanol–water partition coefficient (Wildman–Crippen LogP) is 2.68. The topological polar surface area (TPSA) is 28.2 Å². The molecule has 0 aliphatic carbocycles. The molecule has 0 aliphatic rings. The van der Waals surface area contributed by atoms with Crippen LogP contribution in [0.15, 0.2) is 24.5 Å². The van der Waals surface area contributed by atoms with E-state index in [1.54, 1.807) is 0 Å². The van der Waals surface area contributed by atoms with Gasteiger partial charge in [-0.3, -0.25) is 9.88 Å². The highest BCUT2D eigenvalue weighted by Crippen LogP contribution is 2.09. The molecule has 1 unspecified atom stereocenters. The summed E-state index contributed by atoms with van der Waals surface area (Å²) in [4.78, 5) is 6.51. The van der Waals surface area contributed by atoms with Gasteiger partial charge in [-0.2, -0.15) is 0 Å². The van der Waals surface area contributed by atoms with E-state index in [4.69, 9.17) is 0 Å². The number of pyridine rings is 1. The molecule has 0 aliphatic heterocycles. The van der Waals surface area contributed by atoms with Crippen LogP contribution in [0.4, 0.5) is 0 Å². The Balaban J connectivity index is 2.45. The second-order valence-corrected chi connectivity index (χ2v) is 4.92. The van der Waals surface area contributed by atoms with Gasteiger partial charge in [-0.25, -0.2) is 0 Å². The average molecular weight is 249 g/mol. The molecule has 0 radical (unpaired) electrons. The molecule has 0 bridgehead atoms. The van der Waals surface area contributed by atoms with Gasteiger partial charge >= 0.3 is 0 Å². The van der Waals surface area contributed by atoms with Crippen LogP contribution < -0.4 is 5.32 Å². The zero-order chi connectivity index (χ0) is 13.2. The highest BCUT2D eigenvalue weighted by Gasteiger charge is 2.13. The van der Waals surface area contributed by atoms with Gasteiger partial charge in [-0.1, -0.05) is 20.3 Å². The van der Waals surface area contributed by atoms with Crippen molar-refractivity contribution in [2.24, 2.45) is 0 Å². The van der Waals surface area contributed by atoms with E-state index in [2.05, 4.69) is 48.2 Å². The van der Waals surface area contributed by atoms with Crippen LogP contribution in [0.2, 0.25) is 0 Å². The Morgan fingerprint density at radius 2 is 1.94 bits per heavy atom. The number of hydrogen-bond acceptors (Lipinski definition) is 3. The maximum absolute atomic E-state index is 4.06. The molecule has 0 fully saturated rings. The number of nitrogens with zero attached hydrogens (tertiary/aromatic N) is 2. The van der Waals surface area contributed by atoms with Crippen molar-refractivity contribution in [1.82, 2.24) is 15.2 Å². The molecule has 1 aromatic heterocycles. The van der Waals surface area contributed by atoms with E-state index in [-0.39, 0.29) is 0 Å². The first-order valence-corrected chi connectivity index (χ1v) is 7.07. The first-order valence-electron chi connectivity index (χ1n) is 7.07. The molecule has 102 valence electrons. The number of aromatic nitrogens is 1. The smallest absolute Gasteiger partial charge is 0.0271 e. The lowest BCUT2D eigenvalue weighted by molar-refractivity contribution is 0.215. The van der Waals surface area contributed by atoms with E-state index >= 15 is 0 Å². The molecular formula is C15H27N3. The highest BCUT2D eigenvalue weighted by molar-refractivity contribution is 5.09. The summed E-state index contributed by atoms with van der Waals surface area (Å²) in [5.41, 5.74) is 1.34. The third-order valence-electron chi connectivity index (χ3n) is 3.23. The summed E-state index contributed by atoms with van der Waals surface area (Å²) >= 11 is 0. The van der Waals surface area contributed by atoms with Crippen LogP contribution in [0.3, 0.4) is 0 Å². The van der Waals surface area contributed by atoms with E-state index in [0.29, 0.717) is 6.04 Å². The molecule has 1 heterocycles. The Bertz CT molecular complexity index is 300. The van der Waals surface area contributed by atoms with Gasteiger partial charge in [0.25, 0.3) is 0 Å². The summed E-state index contributed by atoms with van der Waals surface area (Å²) in [7, 11) is 2.22. The first kappa shape index (κ1) is 15.1. The Labute approximate surface area is 112 Å². The van der Waals surface area contributed by atoms with Crippen molar-refractivity contribution in [2.75, 3.05) is 20.1 Å². The third-order valence-corrected chi connectivity index (χ3v) is 3.23. The van der Waals surface area contributed by atoms with Gasteiger partial charge in [0.2, 0.25) is 0 Å². The molecule has 0 amide bonds. The van der Waals surface area contributed by atoms with Crippen LogP contribution in [0.1, 0.15) is 38.7 Å². The predicted molar refractivity (Wildman–Crippen MR) is 77.6 cm³/mol. The Morgan fingerprint density at radius 1 is 1.22 bits per heavy atom. The van der Waals surface area contributed by atoms with Gasteiger partial charge < -0.3 is 5.32 Å². The highest BCUT2D eigenvalue weighted by atomic mass is 15.1. The Hall–Kier alpha value is -0.930. The zero-order valence-corrected chi connectivity index (χ0v) is 12.0. The molecule has 3 nitrogen and oxygen atoms in total. The van der Waals surface area contributed by atoms with Crippen LogP contribution >= 0.6 is 0 Å². The van der Waals surface area contributed by atoms with Crippen molar-refractivity contribution < 1.29 is 0 Å².